The molecular formula is C17H29F2N3. The lowest BCUT2D eigenvalue weighted by atomic mass is 9.89. The van der Waals surface area contributed by atoms with Gasteiger partial charge >= 0.3 is 0 Å². The third-order valence-corrected chi connectivity index (χ3v) is 4.58. The minimum absolute atomic E-state index is 0.0774. The number of hydrogen-bond donors (Lipinski definition) is 0. The van der Waals surface area contributed by atoms with Crippen LogP contribution in [0.4, 0.5) is 8.78 Å². The molecule has 3 nitrogen and oxygen atoms in total. The van der Waals surface area contributed by atoms with Gasteiger partial charge in [0.2, 0.25) is 0 Å². The van der Waals surface area contributed by atoms with E-state index >= 15 is 0 Å². The van der Waals surface area contributed by atoms with E-state index in [0.29, 0.717) is 17.9 Å². The second-order valence-corrected chi connectivity index (χ2v) is 7.10. The Morgan fingerprint density at radius 3 is 2.32 bits per heavy atom. The van der Waals surface area contributed by atoms with Crippen LogP contribution in [0.15, 0.2) is 6.20 Å². The van der Waals surface area contributed by atoms with E-state index in [4.69, 9.17) is 5.10 Å². The van der Waals surface area contributed by atoms with Gasteiger partial charge in [0.1, 0.15) is 0 Å². The lowest BCUT2D eigenvalue weighted by molar-refractivity contribution is 0.0689. The van der Waals surface area contributed by atoms with Crippen molar-refractivity contribution in [1.82, 2.24) is 14.7 Å². The molecule has 1 aliphatic rings. The van der Waals surface area contributed by atoms with Crippen molar-refractivity contribution in [2.75, 3.05) is 19.6 Å². The Hall–Kier alpha value is -0.970. The quantitative estimate of drug-likeness (QED) is 0.788. The molecule has 2 rings (SSSR count). The first kappa shape index (κ1) is 17.4. The van der Waals surface area contributed by atoms with Crippen LogP contribution >= 0.6 is 0 Å². The number of rotatable bonds is 6. The normalized spacial score (nSPS) is 18.0. The number of likely N-dealkylation sites (tertiary alicyclic amines) is 1. The maximum absolute atomic E-state index is 12.4. The van der Waals surface area contributed by atoms with E-state index < -0.39 is 6.43 Å². The van der Waals surface area contributed by atoms with Crippen LogP contribution in [0.1, 0.15) is 63.8 Å². The summed E-state index contributed by atoms with van der Waals surface area (Å²) in [5, 5.41) is 4.78. The van der Waals surface area contributed by atoms with Crippen molar-refractivity contribution < 1.29 is 8.78 Å². The molecule has 5 heteroatoms. The molecule has 22 heavy (non-hydrogen) atoms. The minimum Gasteiger partial charge on any atom is -0.298 e. The van der Waals surface area contributed by atoms with Gasteiger partial charge in [0.15, 0.2) is 0 Å². The van der Waals surface area contributed by atoms with Gasteiger partial charge in [0.25, 0.3) is 6.43 Å². The maximum Gasteiger partial charge on any atom is 0.251 e. The average Bonchev–Trinajstić information content (AvgIpc) is 2.85. The molecule has 1 saturated heterocycles. The lowest BCUT2D eigenvalue weighted by Crippen LogP contribution is -2.37. The molecule has 0 amide bonds. The highest BCUT2D eigenvalue weighted by Gasteiger charge is 2.24. The second-order valence-electron chi connectivity index (χ2n) is 7.10. The molecule has 0 radical (unpaired) electrons. The van der Waals surface area contributed by atoms with E-state index in [1.54, 1.807) is 0 Å². The van der Waals surface area contributed by atoms with Crippen molar-refractivity contribution in [1.29, 1.82) is 0 Å². The molecule has 0 aromatic carbocycles. The Morgan fingerprint density at radius 2 is 1.82 bits per heavy atom. The average molecular weight is 313 g/mol. The Labute approximate surface area is 132 Å². The smallest absolute Gasteiger partial charge is 0.251 e. The molecule has 1 aliphatic heterocycles. The highest BCUT2D eigenvalue weighted by atomic mass is 19.3. The molecule has 0 aliphatic carbocycles. The van der Waals surface area contributed by atoms with Crippen molar-refractivity contribution in [2.45, 2.75) is 65.3 Å². The van der Waals surface area contributed by atoms with Gasteiger partial charge < -0.3 is 0 Å². The topological polar surface area (TPSA) is 21.1 Å². The van der Waals surface area contributed by atoms with Crippen LogP contribution in [0.3, 0.4) is 0 Å². The largest absolute Gasteiger partial charge is 0.298 e. The second kappa shape index (κ2) is 7.53. The summed E-state index contributed by atoms with van der Waals surface area (Å²) in [7, 11) is 0. The molecule has 2 heterocycles. The molecule has 0 atom stereocenters. The Bertz CT molecular complexity index is 460. The monoisotopic (exact) mass is 313 g/mol. The zero-order valence-corrected chi connectivity index (χ0v) is 14.2. The van der Waals surface area contributed by atoms with Gasteiger partial charge in [-0.05, 0) is 63.6 Å². The van der Waals surface area contributed by atoms with Gasteiger partial charge in [-0.3, -0.25) is 9.58 Å². The summed E-state index contributed by atoms with van der Waals surface area (Å²) < 4.78 is 26.9. The SMILES string of the molecule is CC(C)c1cn(C(C)C)nc1CC1CCN(CC(F)F)CC1. The molecule has 1 aromatic rings. The van der Waals surface area contributed by atoms with Crippen LogP contribution in [0.2, 0.25) is 0 Å². The molecule has 0 N–H and O–H groups in total. The number of halogens is 2. The third-order valence-electron chi connectivity index (χ3n) is 4.58. The van der Waals surface area contributed by atoms with E-state index in [-0.39, 0.29) is 6.54 Å². The van der Waals surface area contributed by atoms with Crippen LogP contribution in [-0.2, 0) is 6.42 Å². The van der Waals surface area contributed by atoms with Crippen molar-refractivity contribution in [2.24, 2.45) is 5.92 Å². The van der Waals surface area contributed by atoms with Crippen LogP contribution in [0, 0.1) is 5.92 Å². The first-order chi connectivity index (χ1) is 10.4. The predicted molar refractivity (Wildman–Crippen MR) is 85.6 cm³/mol. The summed E-state index contributed by atoms with van der Waals surface area (Å²) in [6.07, 6.45) is 2.94. The summed E-state index contributed by atoms with van der Waals surface area (Å²) >= 11 is 0. The van der Waals surface area contributed by atoms with Crippen molar-refractivity contribution in [3.63, 3.8) is 0 Å². The van der Waals surface area contributed by atoms with E-state index in [0.717, 1.165) is 32.4 Å². The van der Waals surface area contributed by atoms with Gasteiger partial charge in [-0.2, -0.15) is 5.10 Å². The minimum atomic E-state index is -2.22. The molecule has 0 unspecified atom stereocenters. The van der Waals surface area contributed by atoms with Crippen molar-refractivity contribution >= 4 is 0 Å². The molecular weight excluding hydrogens is 284 g/mol. The fraction of sp³-hybridized carbons (Fsp3) is 0.824. The first-order valence-electron chi connectivity index (χ1n) is 8.45. The molecule has 0 saturated carbocycles. The number of hydrogen-bond acceptors (Lipinski definition) is 2. The standard InChI is InChI=1S/C17H29F2N3/c1-12(2)15-10-22(13(3)4)20-16(15)9-14-5-7-21(8-6-14)11-17(18)19/h10,12-14,17H,5-9,11H2,1-4H3. The summed E-state index contributed by atoms with van der Waals surface area (Å²) in [6, 6.07) is 0.374. The number of alkyl halides is 2. The van der Waals surface area contributed by atoms with Crippen LogP contribution in [0.5, 0.6) is 0 Å². The third kappa shape index (κ3) is 4.51. The number of aromatic nitrogens is 2. The highest BCUT2D eigenvalue weighted by Crippen LogP contribution is 2.27. The summed E-state index contributed by atoms with van der Waals surface area (Å²) in [6.45, 7) is 10.2. The molecule has 126 valence electrons. The van der Waals surface area contributed by atoms with E-state index in [2.05, 4.69) is 38.6 Å². The van der Waals surface area contributed by atoms with Gasteiger partial charge in [0.05, 0.1) is 12.2 Å². The maximum atomic E-state index is 12.4. The summed E-state index contributed by atoms with van der Waals surface area (Å²) in [5.74, 6) is 1.04. The lowest BCUT2D eigenvalue weighted by Gasteiger charge is -2.31. The van der Waals surface area contributed by atoms with Gasteiger partial charge in [-0.1, -0.05) is 13.8 Å². The predicted octanol–water partition coefficient (Wildman–Crippen LogP) is 4.11. The van der Waals surface area contributed by atoms with Crippen LogP contribution < -0.4 is 0 Å². The van der Waals surface area contributed by atoms with Crippen LogP contribution in [0.25, 0.3) is 0 Å². The van der Waals surface area contributed by atoms with Gasteiger partial charge in [-0.15, -0.1) is 0 Å². The molecule has 1 fully saturated rings. The highest BCUT2D eigenvalue weighted by molar-refractivity contribution is 5.21. The zero-order valence-electron chi connectivity index (χ0n) is 14.2. The zero-order chi connectivity index (χ0) is 16.3. The number of piperidine rings is 1. The summed E-state index contributed by atoms with van der Waals surface area (Å²) in [4.78, 5) is 1.89. The number of nitrogens with zero attached hydrogens (tertiary/aromatic N) is 3. The van der Waals surface area contributed by atoms with Gasteiger partial charge in [0, 0.05) is 12.2 Å². The fourth-order valence-corrected chi connectivity index (χ4v) is 3.19. The molecule has 0 spiro atoms. The van der Waals surface area contributed by atoms with Crippen LogP contribution in [-0.4, -0.2) is 40.7 Å². The molecule has 1 aromatic heterocycles. The van der Waals surface area contributed by atoms with Crippen molar-refractivity contribution in [3.05, 3.63) is 17.5 Å². The van der Waals surface area contributed by atoms with E-state index in [1.807, 2.05) is 4.90 Å². The van der Waals surface area contributed by atoms with E-state index in [9.17, 15) is 8.78 Å². The first-order valence-corrected chi connectivity index (χ1v) is 8.45. The molecule has 0 bridgehead atoms. The van der Waals surface area contributed by atoms with Gasteiger partial charge in [-0.25, -0.2) is 8.78 Å². The Balaban J connectivity index is 1.97. The summed E-state index contributed by atoms with van der Waals surface area (Å²) in [5.41, 5.74) is 2.54. The Kier molecular flexibility index (Phi) is 5.95. The van der Waals surface area contributed by atoms with E-state index in [1.165, 1.54) is 11.3 Å². The fourth-order valence-electron chi connectivity index (χ4n) is 3.19. The Morgan fingerprint density at radius 1 is 1.18 bits per heavy atom. The van der Waals surface area contributed by atoms with Crippen molar-refractivity contribution in [3.8, 4) is 0 Å².